The maximum absolute atomic E-state index is 12.0. The molecule has 0 heterocycles. The second kappa shape index (κ2) is 9.29. The minimum atomic E-state index is -0.578. The van der Waals surface area contributed by atoms with Crippen LogP contribution in [0.25, 0.3) is 0 Å². The van der Waals surface area contributed by atoms with Crippen molar-refractivity contribution in [2.24, 2.45) is 0 Å². The number of halogens is 1. The number of hydrogen-bond acceptors (Lipinski definition) is 4. The number of rotatable bonds is 7. The third-order valence-electron chi connectivity index (χ3n) is 3.59. The first-order chi connectivity index (χ1) is 12.3. The van der Waals surface area contributed by atoms with E-state index >= 15 is 0 Å². The molecule has 0 aliphatic heterocycles. The molecule has 0 radical (unpaired) electrons. The molecule has 0 aromatic heterocycles. The Labute approximate surface area is 160 Å². The van der Waals surface area contributed by atoms with E-state index in [2.05, 4.69) is 21.2 Å². The lowest BCUT2D eigenvalue weighted by molar-refractivity contribution is -0.147. The maximum Gasteiger partial charge on any atom is 0.306 e. The Morgan fingerprint density at radius 2 is 1.58 bits per heavy atom. The minimum absolute atomic E-state index is 0.0408. The van der Waals surface area contributed by atoms with Crippen LogP contribution in [0.15, 0.2) is 46.9 Å². The first kappa shape index (κ1) is 19.8. The minimum Gasteiger partial charge on any atom is -0.456 e. The van der Waals surface area contributed by atoms with Gasteiger partial charge in [0, 0.05) is 22.1 Å². The lowest BCUT2D eigenvalue weighted by Crippen LogP contribution is -2.21. The molecular weight excluding hydrogens is 398 g/mol. The van der Waals surface area contributed by atoms with E-state index in [1.165, 1.54) is 0 Å². The number of carbonyl (C=O) groups excluding carboxylic acids is 3. The molecule has 26 heavy (non-hydrogen) atoms. The summed E-state index contributed by atoms with van der Waals surface area (Å²) in [6.45, 7) is 3.49. The van der Waals surface area contributed by atoms with E-state index in [-0.39, 0.29) is 25.2 Å². The van der Waals surface area contributed by atoms with Gasteiger partial charge in [-0.25, -0.2) is 0 Å². The van der Waals surface area contributed by atoms with E-state index in [0.717, 1.165) is 15.6 Å². The summed E-state index contributed by atoms with van der Waals surface area (Å²) in [6, 6.07) is 12.6. The Bertz CT molecular complexity index is 795. The Balaban J connectivity index is 1.74. The van der Waals surface area contributed by atoms with Crippen LogP contribution in [-0.4, -0.2) is 24.3 Å². The van der Waals surface area contributed by atoms with Crippen LogP contribution in [0.2, 0.25) is 0 Å². The molecule has 136 valence electrons. The van der Waals surface area contributed by atoms with E-state index in [0.29, 0.717) is 11.3 Å². The predicted octanol–water partition coefficient (Wildman–Crippen LogP) is 4.21. The van der Waals surface area contributed by atoms with E-state index in [1.54, 1.807) is 24.3 Å². The number of esters is 1. The topological polar surface area (TPSA) is 72.5 Å². The molecule has 0 saturated heterocycles. The summed E-state index contributed by atoms with van der Waals surface area (Å²) < 4.78 is 5.81. The normalized spacial score (nSPS) is 10.3. The third kappa shape index (κ3) is 6.44. The molecule has 0 fully saturated rings. The van der Waals surface area contributed by atoms with Crippen molar-refractivity contribution >= 4 is 39.3 Å². The van der Waals surface area contributed by atoms with Crippen LogP contribution in [0.5, 0.6) is 0 Å². The Morgan fingerprint density at radius 1 is 0.962 bits per heavy atom. The second-order valence-electron chi connectivity index (χ2n) is 6.02. The van der Waals surface area contributed by atoms with Gasteiger partial charge in [0.15, 0.2) is 12.4 Å². The molecule has 0 saturated carbocycles. The molecule has 0 aliphatic rings. The van der Waals surface area contributed by atoms with Crippen molar-refractivity contribution in [2.75, 3.05) is 11.9 Å². The van der Waals surface area contributed by atoms with Gasteiger partial charge in [0.1, 0.15) is 0 Å². The van der Waals surface area contributed by atoms with Gasteiger partial charge < -0.3 is 10.1 Å². The van der Waals surface area contributed by atoms with Gasteiger partial charge in [0.2, 0.25) is 0 Å². The number of Topliss-reactive ketones (excluding diaryl/α,β-unsaturated/α-hetero) is 1. The van der Waals surface area contributed by atoms with Gasteiger partial charge in [0.05, 0.1) is 6.42 Å². The highest BCUT2D eigenvalue weighted by molar-refractivity contribution is 9.10. The summed E-state index contributed by atoms with van der Waals surface area (Å²) in [6.07, 6.45) is -0.0229. The standard InChI is InChI=1S/C20H20BrNO4/c1-13-9-14(2)11-17(10-13)22-19(24)12-26-20(25)8-7-18(23)15-3-5-16(21)6-4-15/h3-6,9-11H,7-8,12H2,1-2H3,(H,22,24). The molecule has 0 bridgehead atoms. The van der Waals surface area contributed by atoms with Gasteiger partial charge in [-0.05, 0) is 49.2 Å². The maximum atomic E-state index is 12.0. The number of ketones is 1. The summed E-state index contributed by atoms with van der Waals surface area (Å²) in [5.41, 5.74) is 3.26. The van der Waals surface area contributed by atoms with E-state index < -0.39 is 11.9 Å². The smallest absolute Gasteiger partial charge is 0.306 e. The van der Waals surface area contributed by atoms with Crippen LogP contribution in [0.1, 0.15) is 34.3 Å². The van der Waals surface area contributed by atoms with Crippen molar-refractivity contribution in [1.29, 1.82) is 0 Å². The van der Waals surface area contributed by atoms with Crippen LogP contribution in [0, 0.1) is 13.8 Å². The number of aryl methyl sites for hydroxylation is 2. The number of anilines is 1. The van der Waals surface area contributed by atoms with Crippen LogP contribution in [0.3, 0.4) is 0 Å². The van der Waals surface area contributed by atoms with Crippen molar-refractivity contribution in [1.82, 2.24) is 0 Å². The first-order valence-electron chi connectivity index (χ1n) is 8.16. The van der Waals surface area contributed by atoms with Crippen molar-refractivity contribution in [3.05, 3.63) is 63.6 Å². The van der Waals surface area contributed by atoms with Crippen molar-refractivity contribution in [3.63, 3.8) is 0 Å². The highest BCUT2D eigenvalue weighted by Gasteiger charge is 2.12. The van der Waals surface area contributed by atoms with Gasteiger partial charge in [-0.1, -0.05) is 34.1 Å². The van der Waals surface area contributed by atoms with Gasteiger partial charge in [-0.3, -0.25) is 14.4 Å². The van der Waals surface area contributed by atoms with Crippen molar-refractivity contribution in [3.8, 4) is 0 Å². The molecule has 1 amide bonds. The lowest BCUT2D eigenvalue weighted by Gasteiger charge is -2.08. The number of hydrogen-bond donors (Lipinski definition) is 1. The number of ether oxygens (including phenoxy) is 1. The van der Waals surface area contributed by atoms with Gasteiger partial charge >= 0.3 is 5.97 Å². The van der Waals surface area contributed by atoms with Crippen LogP contribution in [0.4, 0.5) is 5.69 Å². The monoisotopic (exact) mass is 417 g/mol. The van der Waals surface area contributed by atoms with Crippen molar-refractivity contribution in [2.45, 2.75) is 26.7 Å². The molecule has 1 N–H and O–H groups in total. The summed E-state index contributed by atoms with van der Waals surface area (Å²) in [5.74, 6) is -1.14. The molecule has 5 nitrogen and oxygen atoms in total. The molecule has 2 rings (SSSR count). The fourth-order valence-electron chi connectivity index (χ4n) is 2.46. The summed E-state index contributed by atoms with van der Waals surface area (Å²) in [4.78, 5) is 35.6. The predicted molar refractivity (Wildman–Crippen MR) is 103 cm³/mol. The molecule has 2 aromatic rings. The SMILES string of the molecule is Cc1cc(C)cc(NC(=O)COC(=O)CCC(=O)c2ccc(Br)cc2)c1. The molecule has 2 aromatic carbocycles. The largest absolute Gasteiger partial charge is 0.456 e. The fraction of sp³-hybridized carbons (Fsp3) is 0.250. The number of benzene rings is 2. The van der Waals surface area contributed by atoms with Crippen LogP contribution < -0.4 is 5.32 Å². The molecule has 0 aliphatic carbocycles. The van der Waals surface area contributed by atoms with Crippen LogP contribution in [-0.2, 0) is 14.3 Å². The van der Waals surface area contributed by atoms with Gasteiger partial charge in [-0.2, -0.15) is 0 Å². The Morgan fingerprint density at radius 3 is 2.19 bits per heavy atom. The number of nitrogens with one attached hydrogen (secondary N) is 1. The van der Waals surface area contributed by atoms with E-state index in [4.69, 9.17) is 4.74 Å². The summed E-state index contributed by atoms with van der Waals surface area (Å²) in [5, 5.41) is 2.69. The fourth-order valence-corrected chi connectivity index (χ4v) is 2.72. The van der Waals surface area contributed by atoms with Crippen LogP contribution >= 0.6 is 15.9 Å². The molecule has 6 heteroatoms. The summed E-state index contributed by atoms with van der Waals surface area (Å²) >= 11 is 3.30. The molecule has 0 unspecified atom stereocenters. The average molecular weight is 418 g/mol. The van der Waals surface area contributed by atoms with Gasteiger partial charge in [-0.15, -0.1) is 0 Å². The zero-order valence-electron chi connectivity index (χ0n) is 14.7. The highest BCUT2D eigenvalue weighted by atomic mass is 79.9. The lowest BCUT2D eigenvalue weighted by atomic mass is 10.1. The first-order valence-corrected chi connectivity index (χ1v) is 8.95. The quantitative estimate of drug-likeness (QED) is 0.540. The zero-order chi connectivity index (χ0) is 19.1. The molecule has 0 atom stereocenters. The second-order valence-corrected chi connectivity index (χ2v) is 6.93. The van der Waals surface area contributed by atoms with Gasteiger partial charge in [0.25, 0.3) is 5.91 Å². The Hall–Kier alpha value is -2.47. The Kier molecular flexibility index (Phi) is 7.09. The molecule has 0 spiro atoms. The third-order valence-corrected chi connectivity index (χ3v) is 4.12. The number of carbonyl (C=O) groups is 3. The zero-order valence-corrected chi connectivity index (χ0v) is 16.3. The highest BCUT2D eigenvalue weighted by Crippen LogP contribution is 2.14. The molecular formula is C20H20BrNO4. The number of amides is 1. The van der Waals surface area contributed by atoms with E-state index in [9.17, 15) is 14.4 Å². The average Bonchev–Trinajstić information content (AvgIpc) is 2.57. The van der Waals surface area contributed by atoms with E-state index in [1.807, 2.05) is 32.0 Å². The summed E-state index contributed by atoms with van der Waals surface area (Å²) in [7, 11) is 0. The van der Waals surface area contributed by atoms with Crippen molar-refractivity contribution < 1.29 is 19.1 Å².